The van der Waals surface area contributed by atoms with Crippen LogP contribution in [-0.2, 0) is 11.2 Å². The van der Waals surface area contributed by atoms with Gasteiger partial charge in [0, 0.05) is 12.4 Å². The number of hydrogen-bond acceptors (Lipinski definition) is 3. The molecule has 1 aromatic heterocycles. The number of nitrogens with zero attached hydrogens (tertiary/aromatic N) is 2. The summed E-state index contributed by atoms with van der Waals surface area (Å²) < 4.78 is 0. The molecule has 4 heteroatoms. The smallest absolute Gasteiger partial charge is 0.324 e. The van der Waals surface area contributed by atoms with E-state index < -0.39 is 11.5 Å². The third-order valence-corrected chi connectivity index (χ3v) is 4.02. The van der Waals surface area contributed by atoms with Crippen molar-refractivity contribution < 1.29 is 9.90 Å². The zero-order valence-electron chi connectivity index (χ0n) is 10.8. The summed E-state index contributed by atoms with van der Waals surface area (Å²) in [5.41, 5.74) is 0.596. The van der Waals surface area contributed by atoms with Crippen LogP contribution in [0.5, 0.6) is 0 Å². The monoisotopic (exact) mass is 248 g/mol. The molecule has 1 N–H and O–H groups in total. The van der Waals surface area contributed by atoms with Gasteiger partial charge in [-0.25, -0.2) is 0 Å². The molecule has 1 aliphatic rings. The second kappa shape index (κ2) is 5.48. The second-order valence-electron chi connectivity index (χ2n) is 5.07. The van der Waals surface area contributed by atoms with Gasteiger partial charge < -0.3 is 5.11 Å². The van der Waals surface area contributed by atoms with Gasteiger partial charge in [0.15, 0.2) is 0 Å². The Labute approximate surface area is 108 Å². The number of carboxylic acids is 1. The number of aliphatic carboxylic acids is 1. The van der Waals surface area contributed by atoms with Gasteiger partial charge in [-0.15, -0.1) is 0 Å². The van der Waals surface area contributed by atoms with E-state index in [1.54, 1.807) is 12.4 Å². The summed E-state index contributed by atoms with van der Waals surface area (Å²) in [4.78, 5) is 17.5. The normalized spacial score (nSPS) is 24.3. The SMILES string of the molecule is CN1CCC[C@@]1(CCCc1ccncc1)C(=O)O. The molecule has 98 valence electrons. The second-order valence-corrected chi connectivity index (χ2v) is 5.07. The quantitative estimate of drug-likeness (QED) is 0.865. The molecule has 0 unspecified atom stereocenters. The number of aromatic nitrogens is 1. The van der Waals surface area contributed by atoms with E-state index in [-0.39, 0.29) is 0 Å². The van der Waals surface area contributed by atoms with E-state index in [0.29, 0.717) is 0 Å². The van der Waals surface area contributed by atoms with E-state index in [9.17, 15) is 9.90 Å². The van der Waals surface area contributed by atoms with Crippen molar-refractivity contribution in [3.63, 3.8) is 0 Å². The molecule has 2 rings (SSSR count). The summed E-state index contributed by atoms with van der Waals surface area (Å²) in [7, 11) is 1.92. The lowest BCUT2D eigenvalue weighted by atomic mass is 9.89. The summed E-state index contributed by atoms with van der Waals surface area (Å²) >= 11 is 0. The van der Waals surface area contributed by atoms with E-state index in [4.69, 9.17) is 0 Å². The minimum Gasteiger partial charge on any atom is -0.480 e. The van der Waals surface area contributed by atoms with E-state index in [1.165, 1.54) is 5.56 Å². The number of aryl methyl sites for hydroxylation is 1. The zero-order chi connectivity index (χ0) is 13.0. The van der Waals surface area contributed by atoms with Gasteiger partial charge in [0.1, 0.15) is 5.54 Å². The molecule has 18 heavy (non-hydrogen) atoms. The number of likely N-dealkylation sites (tertiary alicyclic amines) is 1. The number of hydrogen-bond donors (Lipinski definition) is 1. The number of pyridine rings is 1. The molecule has 1 saturated heterocycles. The molecule has 1 fully saturated rings. The number of carboxylic acid groups (broad SMARTS) is 1. The van der Waals surface area contributed by atoms with Crippen molar-refractivity contribution in [1.82, 2.24) is 9.88 Å². The first-order chi connectivity index (χ1) is 8.65. The summed E-state index contributed by atoms with van der Waals surface area (Å²) in [5, 5.41) is 9.48. The molecule has 1 atom stereocenters. The predicted octanol–water partition coefficient (Wildman–Crippen LogP) is 1.95. The Morgan fingerprint density at radius 1 is 1.50 bits per heavy atom. The molecule has 0 aromatic carbocycles. The minimum atomic E-state index is -0.669. The van der Waals surface area contributed by atoms with Gasteiger partial charge in [-0.3, -0.25) is 14.7 Å². The zero-order valence-corrected chi connectivity index (χ0v) is 10.8. The van der Waals surface area contributed by atoms with Crippen molar-refractivity contribution in [3.05, 3.63) is 30.1 Å². The summed E-state index contributed by atoms with van der Waals surface area (Å²) in [6.45, 7) is 0.890. The number of rotatable bonds is 5. The standard InChI is InChI=1S/C14H20N2O2/c1-16-11-3-8-14(16,13(17)18)7-2-4-12-5-9-15-10-6-12/h5-6,9-10H,2-4,7-8,11H2,1H3,(H,17,18)/t14-/m0/s1. The van der Waals surface area contributed by atoms with Crippen LogP contribution in [0.3, 0.4) is 0 Å². The molecule has 0 spiro atoms. The van der Waals surface area contributed by atoms with Gasteiger partial charge in [-0.1, -0.05) is 0 Å². The van der Waals surface area contributed by atoms with Gasteiger partial charge in [0.25, 0.3) is 0 Å². The van der Waals surface area contributed by atoms with E-state index in [0.717, 1.165) is 38.6 Å². The van der Waals surface area contributed by atoms with Crippen molar-refractivity contribution >= 4 is 5.97 Å². The molecule has 0 saturated carbocycles. The minimum absolute atomic E-state index is 0.632. The Morgan fingerprint density at radius 3 is 2.78 bits per heavy atom. The molecule has 0 amide bonds. The first-order valence-corrected chi connectivity index (χ1v) is 6.49. The van der Waals surface area contributed by atoms with Crippen LogP contribution in [0.2, 0.25) is 0 Å². The van der Waals surface area contributed by atoms with Gasteiger partial charge in [0.2, 0.25) is 0 Å². The van der Waals surface area contributed by atoms with Crippen molar-refractivity contribution in [2.24, 2.45) is 0 Å². The van der Waals surface area contributed by atoms with Crippen LogP contribution in [0.15, 0.2) is 24.5 Å². The maximum Gasteiger partial charge on any atom is 0.324 e. The van der Waals surface area contributed by atoms with Gasteiger partial charge in [0.05, 0.1) is 0 Å². The lowest BCUT2D eigenvalue weighted by Gasteiger charge is -2.31. The van der Waals surface area contributed by atoms with Crippen LogP contribution in [0.4, 0.5) is 0 Å². The maximum atomic E-state index is 11.5. The first-order valence-electron chi connectivity index (χ1n) is 6.49. The molecule has 0 radical (unpaired) electrons. The molecule has 0 bridgehead atoms. The largest absolute Gasteiger partial charge is 0.480 e. The maximum absolute atomic E-state index is 11.5. The van der Waals surface area contributed by atoms with Crippen LogP contribution in [0, 0.1) is 0 Å². The highest BCUT2D eigenvalue weighted by Crippen LogP contribution is 2.32. The first kappa shape index (κ1) is 13.0. The predicted molar refractivity (Wildman–Crippen MR) is 69.4 cm³/mol. The fraction of sp³-hybridized carbons (Fsp3) is 0.571. The van der Waals surface area contributed by atoms with Gasteiger partial charge in [-0.2, -0.15) is 0 Å². The van der Waals surface area contributed by atoms with Crippen LogP contribution in [0.25, 0.3) is 0 Å². The molecule has 2 heterocycles. The van der Waals surface area contributed by atoms with Gasteiger partial charge in [-0.05, 0) is 63.4 Å². The highest BCUT2D eigenvalue weighted by atomic mass is 16.4. The number of likely N-dealkylation sites (N-methyl/N-ethyl adjacent to an activating group) is 1. The van der Waals surface area contributed by atoms with E-state index >= 15 is 0 Å². The summed E-state index contributed by atoms with van der Waals surface area (Å²) in [5.74, 6) is -0.669. The molecular formula is C14H20N2O2. The fourth-order valence-corrected chi connectivity index (χ4v) is 2.84. The van der Waals surface area contributed by atoms with Crippen LogP contribution >= 0.6 is 0 Å². The molecule has 4 nitrogen and oxygen atoms in total. The molecule has 0 aliphatic carbocycles. The molecular weight excluding hydrogens is 228 g/mol. The third kappa shape index (κ3) is 2.53. The van der Waals surface area contributed by atoms with Crippen LogP contribution in [-0.4, -0.2) is 40.1 Å². The van der Waals surface area contributed by atoms with Crippen LogP contribution in [0.1, 0.15) is 31.2 Å². The van der Waals surface area contributed by atoms with Crippen molar-refractivity contribution in [2.75, 3.05) is 13.6 Å². The Balaban J connectivity index is 1.93. The summed E-state index contributed by atoms with van der Waals surface area (Å²) in [6, 6.07) is 3.98. The number of carbonyl (C=O) groups is 1. The fourth-order valence-electron chi connectivity index (χ4n) is 2.84. The Hall–Kier alpha value is -1.42. The Kier molecular flexibility index (Phi) is 3.97. The lowest BCUT2D eigenvalue weighted by Crippen LogP contribution is -2.48. The topological polar surface area (TPSA) is 53.4 Å². The lowest BCUT2D eigenvalue weighted by molar-refractivity contribution is -0.149. The van der Waals surface area contributed by atoms with Crippen molar-refractivity contribution in [2.45, 2.75) is 37.6 Å². The van der Waals surface area contributed by atoms with E-state index in [2.05, 4.69) is 4.98 Å². The van der Waals surface area contributed by atoms with Crippen molar-refractivity contribution in [1.29, 1.82) is 0 Å². The van der Waals surface area contributed by atoms with Gasteiger partial charge >= 0.3 is 5.97 Å². The third-order valence-electron chi connectivity index (χ3n) is 4.02. The highest BCUT2D eigenvalue weighted by Gasteiger charge is 2.44. The van der Waals surface area contributed by atoms with Crippen LogP contribution < -0.4 is 0 Å². The highest BCUT2D eigenvalue weighted by molar-refractivity contribution is 5.79. The Morgan fingerprint density at radius 2 is 2.22 bits per heavy atom. The molecule has 1 aliphatic heterocycles. The summed E-state index contributed by atoms with van der Waals surface area (Å²) in [6.07, 6.45) is 7.87. The Bertz CT molecular complexity index is 408. The van der Waals surface area contributed by atoms with E-state index in [1.807, 2.05) is 24.1 Å². The average Bonchev–Trinajstić information content (AvgIpc) is 2.73. The average molecular weight is 248 g/mol. The molecule has 1 aromatic rings. The van der Waals surface area contributed by atoms with Crippen molar-refractivity contribution in [3.8, 4) is 0 Å².